The summed E-state index contributed by atoms with van der Waals surface area (Å²) in [6, 6.07) is 7.66. The van der Waals surface area contributed by atoms with Gasteiger partial charge in [-0.15, -0.1) is 0 Å². The molecule has 1 aromatic rings. The minimum absolute atomic E-state index is 0.0295. The average molecular weight is 235 g/mol. The molecular formula is C13H17NO3. The number of carbonyl (C=O) groups is 1. The van der Waals surface area contributed by atoms with Crippen LogP contribution in [0.2, 0.25) is 0 Å². The maximum Gasteiger partial charge on any atom is 0.307 e. The number of benzene rings is 1. The molecule has 1 aliphatic rings. The first-order valence-corrected chi connectivity index (χ1v) is 5.82. The molecule has 4 nitrogen and oxygen atoms in total. The van der Waals surface area contributed by atoms with Crippen LogP contribution in [-0.2, 0) is 4.79 Å². The standard InChI is InChI=1S/C13H17NO3/c1-8(15)10-4-2-3-5-11(10)12-6-9(7-14-12)13(16)17/h2-5,8-9,12,14-15H,6-7H2,1H3,(H,16,17). The molecule has 0 aliphatic carbocycles. The number of aliphatic carboxylic acids is 1. The minimum atomic E-state index is -0.755. The molecule has 3 unspecified atom stereocenters. The minimum Gasteiger partial charge on any atom is -0.481 e. The Balaban J connectivity index is 2.21. The van der Waals surface area contributed by atoms with Gasteiger partial charge in [0.1, 0.15) is 0 Å². The molecule has 0 bridgehead atoms. The lowest BCUT2D eigenvalue weighted by Crippen LogP contribution is -2.18. The number of aliphatic hydroxyl groups excluding tert-OH is 1. The lowest BCUT2D eigenvalue weighted by Gasteiger charge is -2.17. The smallest absolute Gasteiger partial charge is 0.307 e. The quantitative estimate of drug-likeness (QED) is 0.742. The second-order valence-corrected chi connectivity index (χ2v) is 4.54. The average Bonchev–Trinajstić information content (AvgIpc) is 2.78. The van der Waals surface area contributed by atoms with E-state index in [4.69, 9.17) is 5.11 Å². The summed E-state index contributed by atoms with van der Waals surface area (Å²) < 4.78 is 0. The molecule has 0 aromatic heterocycles. The number of carboxylic acids is 1. The number of hydrogen-bond acceptors (Lipinski definition) is 3. The van der Waals surface area contributed by atoms with Crippen LogP contribution in [0, 0.1) is 5.92 Å². The second-order valence-electron chi connectivity index (χ2n) is 4.54. The molecule has 92 valence electrons. The molecule has 4 heteroatoms. The Hall–Kier alpha value is -1.39. The summed E-state index contributed by atoms with van der Waals surface area (Å²) in [6.07, 6.45) is 0.0517. The highest BCUT2D eigenvalue weighted by Crippen LogP contribution is 2.31. The van der Waals surface area contributed by atoms with E-state index in [0.29, 0.717) is 13.0 Å². The fraction of sp³-hybridized carbons (Fsp3) is 0.462. The van der Waals surface area contributed by atoms with E-state index in [9.17, 15) is 9.90 Å². The Morgan fingerprint density at radius 3 is 2.76 bits per heavy atom. The monoisotopic (exact) mass is 235 g/mol. The maximum atomic E-state index is 10.9. The van der Waals surface area contributed by atoms with Crippen molar-refractivity contribution < 1.29 is 15.0 Å². The predicted octanol–water partition coefficient (Wildman–Crippen LogP) is 1.48. The SMILES string of the molecule is CC(O)c1ccccc1C1CC(C(=O)O)CN1. The van der Waals surface area contributed by atoms with Crippen LogP contribution in [0.4, 0.5) is 0 Å². The van der Waals surface area contributed by atoms with Gasteiger partial charge in [-0.25, -0.2) is 0 Å². The molecule has 3 atom stereocenters. The third-order valence-electron chi connectivity index (χ3n) is 3.30. The van der Waals surface area contributed by atoms with E-state index in [0.717, 1.165) is 11.1 Å². The molecule has 0 saturated carbocycles. The van der Waals surface area contributed by atoms with E-state index in [1.807, 2.05) is 24.3 Å². The molecule has 0 radical (unpaired) electrons. The fourth-order valence-corrected chi connectivity index (χ4v) is 2.37. The van der Waals surface area contributed by atoms with Gasteiger partial charge >= 0.3 is 5.97 Å². The van der Waals surface area contributed by atoms with Crippen molar-refractivity contribution in [1.29, 1.82) is 0 Å². The van der Waals surface area contributed by atoms with Gasteiger partial charge in [0, 0.05) is 12.6 Å². The Bertz CT molecular complexity index is 417. The van der Waals surface area contributed by atoms with Crippen molar-refractivity contribution in [2.45, 2.75) is 25.5 Å². The third-order valence-corrected chi connectivity index (χ3v) is 3.30. The number of nitrogens with one attached hydrogen (secondary N) is 1. The summed E-state index contributed by atoms with van der Waals surface area (Å²) in [5, 5.41) is 21.9. The second kappa shape index (κ2) is 4.85. The van der Waals surface area contributed by atoms with Gasteiger partial charge in [-0.05, 0) is 24.5 Å². The zero-order valence-electron chi connectivity index (χ0n) is 9.76. The summed E-state index contributed by atoms with van der Waals surface area (Å²) in [4.78, 5) is 10.9. The Kier molecular flexibility index (Phi) is 3.45. The number of aliphatic hydroxyl groups is 1. The van der Waals surface area contributed by atoms with Gasteiger partial charge in [0.25, 0.3) is 0 Å². The van der Waals surface area contributed by atoms with E-state index < -0.39 is 12.1 Å². The Labute approximate surface area is 100 Å². The Morgan fingerprint density at radius 2 is 2.18 bits per heavy atom. The normalized spacial score (nSPS) is 25.8. The van der Waals surface area contributed by atoms with Gasteiger partial charge in [0.15, 0.2) is 0 Å². The van der Waals surface area contributed by atoms with Crippen LogP contribution in [0.25, 0.3) is 0 Å². The summed E-state index contributed by atoms with van der Waals surface area (Å²) in [7, 11) is 0. The Morgan fingerprint density at radius 1 is 1.47 bits per heavy atom. The predicted molar refractivity (Wildman–Crippen MR) is 63.6 cm³/mol. The molecule has 1 aromatic carbocycles. The molecule has 1 fully saturated rings. The van der Waals surface area contributed by atoms with E-state index in [2.05, 4.69) is 5.32 Å². The van der Waals surface area contributed by atoms with Gasteiger partial charge in [0.05, 0.1) is 12.0 Å². The van der Waals surface area contributed by atoms with E-state index in [1.165, 1.54) is 0 Å². The molecule has 3 N–H and O–H groups in total. The van der Waals surface area contributed by atoms with E-state index in [-0.39, 0.29) is 12.0 Å². The van der Waals surface area contributed by atoms with E-state index >= 15 is 0 Å². The van der Waals surface area contributed by atoms with Crippen molar-refractivity contribution in [2.24, 2.45) is 5.92 Å². The van der Waals surface area contributed by atoms with Crippen molar-refractivity contribution in [1.82, 2.24) is 5.32 Å². The van der Waals surface area contributed by atoms with Gasteiger partial charge in [-0.1, -0.05) is 24.3 Å². The molecule has 0 amide bonds. The van der Waals surface area contributed by atoms with Crippen LogP contribution < -0.4 is 5.32 Å². The van der Waals surface area contributed by atoms with Crippen LogP contribution in [0.5, 0.6) is 0 Å². The third kappa shape index (κ3) is 2.48. The molecule has 0 spiro atoms. The van der Waals surface area contributed by atoms with Crippen LogP contribution in [0.3, 0.4) is 0 Å². The van der Waals surface area contributed by atoms with Gasteiger partial charge in [-0.3, -0.25) is 4.79 Å². The van der Waals surface area contributed by atoms with Gasteiger partial charge in [-0.2, -0.15) is 0 Å². The summed E-state index contributed by atoms with van der Waals surface area (Å²) in [5.41, 5.74) is 1.88. The highest BCUT2D eigenvalue weighted by Gasteiger charge is 2.31. The summed E-state index contributed by atoms with van der Waals surface area (Å²) >= 11 is 0. The first-order valence-electron chi connectivity index (χ1n) is 5.82. The number of rotatable bonds is 3. The molecule has 2 rings (SSSR count). The largest absolute Gasteiger partial charge is 0.481 e. The topological polar surface area (TPSA) is 69.6 Å². The van der Waals surface area contributed by atoms with Crippen LogP contribution >= 0.6 is 0 Å². The lowest BCUT2D eigenvalue weighted by molar-refractivity contribution is -0.141. The molecular weight excluding hydrogens is 218 g/mol. The van der Waals surface area contributed by atoms with Gasteiger partial charge < -0.3 is 15.5 Å². The van der Waals surface area contributed by atoms with Crippen molar-refractivity contribution >= 4 is 5.97 Å². The zero-order chi connectivity index (χ0) is 12.4. The van der Waals surface area contributed by atoms with Crippen LogP contribution in [0.1, 0.15) is 36.6 Å². The first-order chi connectivity index (χ1) is 8.09. The molecule has 1 aliphatic heterocycles. The summed E-state index contributed by atoms with van der Waals surface area (Å²) in [5.74, 6) is -1.09. The molecule has 1 saturated heterocycles. The zero-order valence-corrected chi connectivity index (χ0v) is 9.76. The first kappa shape index (κ1) is 12.1. The van der Waals surface area contributed by atoms with E-state index in [1.54, 1.807) is 6.92 Å². The highest BCUT2D eigenvalue weighted by atomic mass is 16.4. The number of carboxylic acid groups (broad SMARTS) is 1. The van der Waals surface area contributed by atoms with Gasteiger partial charge in [0.2, 0.25) is 0 Å². The fourth-order valence-electron chi connectivity index (χ4n) is 2.37. The van der Waals surface area contributed by atoms with Crippen molar-refractivity contribution in [3.05, 3.63) is 35.4 Å². The highest BCUT2D eigenvalue weighted by molar-refractivity contribution is 5.70. The van der Waals surface area contributed by atoms with Crippen molar-refractivity contribution in [2.75, 3.05) is 6.54 Å². The number of hydrogen-bond donors (Lipinski definition) is 3. The molecule has 17 heavy (non-hydrogen) atoms. The lowest BCUT2D eigenvalue weighted by atomic mass is 9.94. The van der Waals surface area contributed by atoms with Crippen LogP contribution in [0.15, 0.2) is 24.3 Å². The van der Waals surface area contributed by atoms with Crippen molar-refractivity contribution in [3.8, 4) is 0 Å². The molecule has 1 heterocycles. The maximum absolute atomic E-state index is 10.9. The van der Waals surface area contributed by atoms with Crippen molar-refractivity contribution in [3.63, 3.8) is 0 Å². The van der Waals surface area contributed by atoms with Crippen LogP contribution in [-0.4, -0.2) is 22.7 Å². The summed E-state index contributed by atoms with van der Waals surface area (Å²) in [6.45, 7) is 2.22.